The minimum absolute atomic E-state index is 0.0356. The fourth-order valence-electron chi connectivity index (χ4n) is 1.16. The summed E-state index contributed by atoms with van der Waals surface area (Å²) in [5.41, 5.74) is 0. The summed E-state index contributed by atoms with van der Waals surface area (Å²) in [4.78, 5) is 12.2. The van der Waals surface area contributed by atoms with Crippen LogP contribution in [0.1, 0.15) is 0 Å². The highest BCUT2D eigenvalue weighted by Crippen LogP contribution is 2.21. The lowest BCUT2D eigenvalue weighted by atomic mass is 10.3. The number of thioether (sulfide) groups is 1. The summed E-state index contributed by atoms with van der Waals surface area (Å²) in [5, 5.41) is 10.4. The molecular formula is C12H15F2NO3S. The summed E-state index contributed by atoms with van der Waals surface area (Å²) >= 11 is 1.23. The van der Waals surface area contributed by atoms with E-state index in [1.807, 2.05) is 0 Å². The molecule has 1 amide bonds. The van der Waals surface area contributed by atoms with Crippen molar-refractivity contribution in [3.05, 3.63) is 24.3 Å². The molecule has 0 unspecified atom stereocenters. The van der Waals surface area contributed by atoms with E-state index in [-0.39, 0.29) is 5.75 Å². The van der Waals surface area contributed by atoms with Crippen LogP contribution in [0.4, 0.5) is 8.78 Å². The highest BCUT2D eigenvalue weighted by molar-refractivity contribution is 8.00. The average molecular weight is 291 g/mol. The normalized spacial score (nSPS) is 11.2. The van der Waals surface area contributed by atoms with Gasteiger partial charge >= 0.3 is 0 Å². The molecule has 1 aromatic carbocycles. The molecule has 0 radical (unpaired) electrons. The maximum absolute atomic E-state index is 12.7. The molecule has 0 aliphatic rings. The van der Waals surface area contributed by atoms with Crippen molar-refractivity contribution in [1.82, 2.24) is 5.32 Å². The number of ether oxygens (including phenoxy) is 1. The van der Waals surface area contributed by atoms with Gasteiger partial charge < -0.3 is 15.2 Å². The number of hydrogen-bond donors (Lipinski definition) is 2. The van der Waals surface area contributed by atoms with Crippen molar-refractivity contribution in [2.45, 2.75) is 10.8 Å². The van der Waals surface area contributed by atoms with Crippen LogP contribution in [-0.2, 0) is 4.79 Å². The predicted octanol–water partition coefficient (Wildman–Crippen LogP) is 1.53. The number of aliphatic hydroxyl groups is 1. The lowest BCUT2D eigenvalue weighted by Gasteiger charge is -2.13. The van der Waals surface area contributed by atoms with Gasteiger partial charge in [-0.25, -0.2) is 8.78 Å². The third kappa shape index (κ3) is 5.89. The van der Waals surface area contributed by atoms with Crippen LogP contribution in [0.2, 0.25) is 0 Å². The maximum Gasteiger partial charge on any atom is 0.287 e. The molecule has 0 bridgehead atoms. The second kappa shape index (κ2) is 7.30. The number of amides is 1. The fourth-order valence-corrected chi connectivity index (χ4v) is 1.88. The van der Waals surface area contributed by atoms with Crippen molar-refractivity contribution in [1.29, 1.82) is 0 Å². The van der Waals surface area contributed by atoms with Crippen LogP contribution >= 0.6 is 11.8 Å². The Labute approximate surface area is 114 Å². The van der Waals surface area contributed by atoms with Crippen molar-refractivity contribution < 1.29 is 23.4 Å². The van der Waals surface area contributed by atoms with E-state index in [1.54, 1.807) is 31.4 Å². The molecule has 0 atom stereocenters. The Hall–Kier alpha value is -1.34. The molecule has 0 fully saturated rings. The molecule has 0 saturated carbocycles. The van der Waals surface area contributed by atoms with Gasteiger partial charge in [0.1, 0.15) is 12.4 Å². The number of carbonyl (C=O) groups is 1. The van der Waals surface area contributed by atoms with Gasteiger partial charge in [0.15, 0.2) is 0 Å². The summed E-state index contributed by atoms with van der Waals surface area (Å²) in [5.74, 6) is -3.04. The van der Waals surface area contributed by atoms with Gasteiger partial charge in [-0.2, -0.15) is 0 Å². The molecule has 0 aliphatic heterocycles. The Kier molecular flexibility index (Phi) is 6.04. The van der Waals surface area contributed by atoms with E-state index in [4.69, 9.17) is 9.84 Å². The molecule has 0 heterocycles. The van der Waals surface area contributed by atoms with Crippen molar-refractivity contribution in [2.75, 3.05) is 26.0 Å². The highest BCUT2D eigenvalue weighted by atomic mass is 32.2. The van der Waals surface area contributed by atoms with Crippen LogP contribution in [0, 0.1) is 0 Å². The molecular weight excluding hydrogens is 276 g/mol. The van der Waals surface area contributed by atoms with Crippen LogP contribution < -0.4 is 10.1 Å². The second-order valence-electron chi connectivity index (χ2n) is 3.75. The van der Waals surface area contributed by atoms with Gasteiger partial charge in [0.05, 0.1) is 19.4 Å². The van der Waals surface area contributed by atoms with Crippen molar-refractivity contribution in [2.24, 2.45) is 0 Å². The molecule has 106 valence electrons. The first-order valence-corrected chi connectivity index (χ1v) is 6.47. The van der Waals surface area contributed by atoms with E-state index in [0.29, 0.717) is 5.75 Å². The van der Waals surface area contributed by atoms with Gasteiger partial charge in [-0.15, -0.1) is 11.8 Å². The van der Waals surface area contributed by atoms with Crippen molar-refractivity contribution >= 4 is 17.7 Å². The molecule has 4 nitrogen and oxygen atoms in total. The number of aliphatic hydroxyl groups excluding tert-OH is 1. The first-order chi connectivity index (χ1) is 8.96. The Bertz CT molecular complexity index is 412. The SMILES string of the molecule is COc1ccc(SCC(=O)NCC(F)(F)CO)cc1. The Morgan fingerprint density at radius 1 is 1.42 bits per heavy atom. The van der Waals surface area contributed by atoms with Gasteiger partial charge in [-0.05, 0) is 24.3 Å². The predicted molar refractivity (Wildman–Crippen MR) is 68.8 cm³/mol. The van der Waals surface area contributed by atoms with E-state index < -0.39 is 25.0 Å². The van der Waals surface area contributed by atoms with Crippen LogP contribution in [0.5, 0.6) is 5.75 Å². The molecule has 0 spiro atoms. The second-order valence-corrected chi connectivity index (χ2v) is 4.80. The van der Waals surface area contributed by atoms with Crippen LogP contribution in [0.15, 0.2) is 29.2 Å². The van der Waals surface area contributed by atoms with E-state index in [1.165, 1.54) is 11.8 Å². The van der Waals surface area contributed by atoms with Gasteiger partial charge in [-0.3, -0.25) is 4.79 Å². The summed E-state index contributed by atoms with van der Waals surface area (Å²) in [6, 6.07) is 7.05. The smallest absolute Gasteiger partial charge is 0.287 e. The number of rotatable bonds is 7. The average Bonchev–Trinajstić information content (AvgIpc) is 2.43. The summed E-state index contributed by atoms with van der Waals surface area (Å²) in [6.45, 7) is -2.13. The molecule has 2 N–H and O–H groups in total. The topological polar surface area (TPSA) is 58.6 Å². The van der Waals surface area contributed by atoms with Gasteiger partial charge in [0, 0.05) is 4.90 Å². The monoisotopic (exact) mass is 291 g/mol. The first-order valence-electron chi connectivity index (χ1n) is 5.49. The zero-order valence-corrected chi connectivity index (χ0v) is 11.2. The Balaban J connectivity index is 2.33. The number of nitrogens with one attached hydrogen (secondary N) is 1. The first kappa shape index (κ1) is 15.7. The summed E-state index contributed by atoms with van der Waals surface area (Å²) < 4.78 is 30.3. The van der Waals surface area contributed by atoms with E-state index in [9.17, 15) is 13.6 Å². The number of carbonyl (C=O) groups excluding carboxylic acids is 1. The van der Waals surface area contributed by atoms with Gasteiger partial charge in [0.2, 0.25) is 5.91 Å². The third-order valence-electron chi connectivity index (χ3n) is 2.20. The number of halogens is 2. The molecule has 0 saturated heterocycles. The van der Waals surface area contributed by atoms with E-state index in [0.717, 1.165) is 4.90 Å². The van der Waals surface area contributed by atoms with Crippen LogP contribution in [0.3, 0.4) is 0 Å². The molecule has 0 aliphatic carbocycles. The molecule has 0 aromatic heterocycles. The quantitative estimate of drug-likeness (QED) is 0.748. The summed E-state index contributed by atoms with van der Waals surface area (Å²) in [6.07, 6.45) is 0. The minimum Gasteiger partial charge on any atom is -0.497 e. The highest BCUT2D eigenvalue weighted by Gasteiger charge is 2.27. The Morgan fingerprint density at radius 2 is 2.05 bits per heavy atom. The number of benzene rings is 1. The maximum atomic E-state index is 12.7. The summed E-state index contributed by atoms with van der Waals surface area (Å²) in [7, 11) is 1.55. The van der Waals surface area contributed by atoms with Crippen molar-refractivity contribution in [3.63, 3.8) is 0 Å². The lowest BCUT2D eigenvalue weighted by molar-refractivity contribution is -0.121. The van der Waals surface area contributed by atoms with Crippen LogP contribution in [0.25, 0.3) is 0 Å². The Morgan fingerprint density at radius 3 is 2.58 bits per heavy atom. The molecule has 1 rings (SSSR count). The largest absolute Gasteiger partial charge is 0.497 e. The molecule has 19 heavy (non-hydrogen) atoms. The number of alkyl halides is 2. The third-order valence-corrected chi connectivity index (χ3v) is 3.22. The minimum atomic E-state index is -3.28. The fraction of sp³-hybridized carbons (Fsp3) is 0.417. The molecule has 1 aromatic rings. The van der Waals surface area contributed by atoms with Gasteiger partial charge in [-0.1, -0.05) is 0 Å². The number of hydrogen-bond acceptors (Lipinski definition) is 4. The zero-order valence-electron chi connectivity index (χ0n) is 10.4. The van der Waals surface area contributed by atoms with E-state index >= 15 is 0 Å². The standard InChI is InChI=1S/C12H15F2NO3S/c1-18-9-2-4-10(5-3-9)19-6-11(17)15-7-12(13,14)8-16/h2-5,16H,6-8H2,1H3,(H,15,17). The zero-order chi connectivity index (χ0) is 14.3. The van der Waals surface area contributed by atoms with Crippen LogP contribution in [-0.4, -0.2) is 43.0 Å². The van der Waals surface area contributed by atoms with Crippen molar-refractivity contribution in [3.8, 4) is 5.75 Å². The van der Waals surface area contributed by atoms with Gasteiger partial charge in [0.25, 0.3) is 5.92 Å². The lowest BCUT2D eigenvalue weighted by Crippen LogP contribution is -2.39. The van der Waals surface area contributed by atoms with E-state index in [2.05, 4.69) is 5.32 Å². The number of methoxy groups -OCH3 is 1. The molecule has 7 heteroatoms.